The normalized spacial score (nSPS) is 18.4. The lowest BCUT2D eigenvalue weighted by Crippen LogP contribution is -2.39. The van der Waals surface area contributed by atoms with E-state index in [2.05, 4.69) is 17.2 Å². The highest BCUT2D eigenvalue weighted by molar-refractivity contribution is 7.89. The molecule has 1 fully saturated rings. The molecule has 7 heteroatoms. The van der Waals surface area contributed by atoms with E-state index in [0.717, 1.165) is 18.5 Å². The van der Waals surface area contributed by atoms with Crippen molar-refractivity contribution in [1.82, 2.24) is 14.6 Å². The zero-order valence-corrected chi connectivity index (χ0v) is 15.6. The van der Waals surface area contributed by atoms with Crippen molar-refractivity contribution in [2.45, 2.75) is 31.2 Å². The Morgan fingerprint density at radius 1 is 1.27 bits per heavy atom. The van der Waals surface area contributed by atoms with Crippen LogP contribution in [0.3, 0.4) is 0 Å². The number of carbonyl (C=O) groups excluding carboxylic acids is 1. The molecule has 1 unspecified atom stereocenters. The average Bonchev–Trinajstić information content (AvgIpc) is 2.67. The summed E-state index contributed by atoms with van der Waals surface area (Å²) in [6, 6.07) is 11.7. The number of sulfonamides is 1. The summed E-state index contributed by atoms with van der Waals surface area (Å²) in [7, 11) is -3.58. The van der Waals surface area contributed by atoms with Crippen molar-refractivity contribution >= 4 is 15.9 Å². The van der Waals surface area contributed by atoms with Gasteiger partial charge in [0.15, 0.2) is 0 Å². The maximum absolute atomic E-state index is 12.9. The van der Waals surface area contributed by atoms with E-state index >= 15 is 0 Å². The summed E-state index contributed by atoms with van der Waals surface area (Å²) in [5.41, 5.74) is 1.07. The highest BCUT2D eigenvalue weighted by atomic mass is 32.2. The number of carbonyl (C=O) groups is 1. The van der Waals surface area contributed by atoms with Gasteiger partial charge < -0.3 is 5.32 Å². The third-order valence-electron chi connectivity index (χ3n) is 4.51. The molecule has 1 saturated heterocycles. The highest BCUT2D eigenvalue weighted by Crippen LogP contribution is 2.24. The first-order valence-corrected chi connectivity index (χ1v) is 10.2. The SMILES string of the molecule is CC1CCCN(S(=O)(=O)c2cccc(C(=O)NCc3ccccn3)c2)C1. The van der Waals surface area contributed by atoms with Crippen molar-refractivity contribution in [1.29, 1.82) is 0 Å². The smallest absolute Gasteiger partial charge is 0.251 e. The summed E-state index contributed by atoms with van der Waals surface area (Å²) in [4.78, 5) is 16.7. The van der Waals surface area contributed by atoms with E-state index in [0.29, 0.717) is 31.1 Å². The predicted octanol–water partition coefficient (Wildman–Crippen LogP) is 2.43. The first-order valence-electron chi connectivity index (χ1n) is 8.75. The quantitative estimate of drug-likeness (QED) is 0.873. The Hall–Kier alpha value is -2.25. The molecular formula is C19H23N3O3S. The minimum Gasteiger partial charge on any atom is -0.346 e. The first kappa shape index (κ1) is 18.5. The molecule has 0 bridgehead atoms. The summed E-state index contributed by atoms with van der Waals surface area (Å²) in [5, 5.41) is 2.77. The third-order valence-corrected chi connectivity index (χ3v) is 6.37. The molecule has 26 heavy (non-hydrogen) atoms. The van der Waals surface area contributed by atoms with Gasteiger partial charge in [0.05, 0.1) is 17.1 Å². The number of rotatable bonds is 5. The van der Waals surface area contributed by atoms with Crippen LogP contribution in [-0.2, 0) is 16.6 Å². The van der Waals surface area contributed by atoms with Gasteiger partial charge in [0.2, 0.25) is 10.0 Å². The largest absolute Gasteiger partial charge is 0.346 e. The van der Waals surface area contributed by atoms with Crippen LogP contribution in [0.1, 0.15) is 35.8 Å². The standard InChI is InChI=1S/C19H23N3O3S/c1-15-6-5-11-22(14-15)26(24,25)18-9-4-7-16(12-18)19(23)21-13-17-8-2-3-10-20-17/h2-4,7-10,12,15H,5-6,11,13-14H2,1H3,(H,21,23). The van der Waals surface area contributed by atoms with Crippen LogP contribution in [0, 0.1) is 5.92 Å². The molecule has 2 aromatic rings. The van der Waals surface area contributed by atoms with Crippen molar-refractivity contribution in [3.63, 3.8) is 0 Å². The molecule has 1 aromatic carbocycles. The molecule has 2 heterocycles. The molecule has 1 aliphatic rings. The summed E-state index contributed by atoms with van der Waals surface area (Å²) < 4.78 is 27.3. The van der Waals surface area contributed by atoms with E-state index < -0.39 is 10.0 Å². The van der Waals surface area contributed by atoms with Gasteiger partial charge in [-0.15, -0.1) is 0 Å². The van der Waals surface area contributed by atoms with Crippen LogP contribution >= 0.6 is 0 Å². The van der Waals surface area contributed by atoms with Crippen molar-refractivity contribution in [2.24, 2.45) is 5.92 Å². The van der Waals surface area contributed by atoms with Gasteiger partial charge in [-0.1, -0.05) is 19.1 Å². The molecular weight excluding hydrogens is 350 g/mol. The Morgan fingerprint density at radius 3 is 2.85 bits per heavy atom. The van der Waals surface area contributed by atoms with E-state index in [-0.39, 0.29) is 10.8 Å². The molecule has 1 N–H and O–H groups in total. The van der Waals surface area contributed by atoms with Crippen LogP contribution in [0.15, 0.2) is 53.6 Å². The Kier molecular flexibility index (Phi) is 5.68. The number of nitrogens with one attached hydrogen (secondary N) is 1. The van der Waals surface area contributed by atoms with Crippen LogP contribution in [0.2, 0.25) is 0 Å². The first-order chi connectivity index (χ1) is 12.5. The highest BCUT2D eigenvalue weighted by Gasteiger charge is 2.29. The fourth-order valence-electron chi connectivity index (χ4n) is 3.09. The molecule has 1 aliphatic heterocycles. The van der Waals surface area contributed by atoms with Crippen molar-refractivity contribution in [3.8, 4) is 0 Å². The number of aromatic nitrogens is 1. The van der Waals surface area contributed by atoms with Crippen LogP contribution in [0.25, 0.3) is 0 Å². The van der Waals surface area contributed by atoms with E-state index in [4.69, 9.17) is 0 Å². The lowest BCUT2D eigenvalue weighted by atomic mass is 10.0. The topological polar surface area (TPSA) is 79.4 Å². The molecule has 1 aromatic heterocycles. The molecule has 6 nitrogen and oxygen atoms in total. The second-order valence-corrected chi connectivity index (χ2v) is 8.58. The maximum atomic E-state index is 12.9. The monoisotopic (exact) mass is 373 g/mol. The van der Waals surface area contributed by atoms with Crippen LogP contribution in [-0.4, -0.2) is 36.7 Å². The molecule has 1 amide bonds. The number of amides is 1. The molecule has 1 atom stereocenters. The molecule has 3 rings (SSSR count). The predicted molar refractivity (Wildman–Crippen MR) is 99.0 cm³/mol. The van der Waals surface area contributed by atoms with Crippen LogP contribution in [0.5, 0.6) is 0 Å². The molecule has 0 saturated carbocycles. The number of piperidine rings is 1. The summed E-state index contributed by atoms with van der Waals surface area (Å²) in [6.45, 7) is 3.41. The number of hydrogen-bond acceptors (Lipinski definition) is 4. The van der Waals surface area contributed by atoms with Gasteiger partial charge in [0.1, 0.15) is 0 Å². The summed E-state index contributed by atoms with van der Waals surface area (Å²) in [5.74, 6) is 0.0306. The number of nitrogens with zero attached hydrogens (tertiary/aromatic N) is 2. The van der Waals surface area contributed by atoms with E-state index in [9.17, 15) is 13.2 Å². The number of benzene rings is 1. The van der Waals surface area contributed by atoms with Crippen molar-refractivity contribution in [2.75, 3.05) is 13.1 Å². The van der Waals surface area contributed by atoms with Crippen molar-refractivity contribution < 1.29 is 13.2 Å². The fraction of sp³-hybridized carbons (Fsp3) is 0.368. The average molecular weight is 373 g/mol. The second-order valence-electron chi connectivity index (χ2n) is 6.64. The Morgan fingerprint density at radius 2 is 2.12 bits per heavy atom. The van der Waals surface area contributed by atoms with Crippen molar-refractivity contribution in [3.05, 3.63) is 59.9 Å². The third kappa shape index (κ3) is 4.28. The van der Waals surface area contributed by atoms with E-state index in [1.165, 1.54) is 10.4 Å². The fourth-order valence-corrected chi connectivity index (χ4v) is 4.73. The zero-order valence-electron chi connectivity index (χ0n) is 14.8. The molecule has 0 aliphatic carbocycles. The molecule has 0 radical (unpaired) electrons. The van der Waals surface area contributed by atoms with Gasteiger partial charge in [0.25, 0.3) is 5.91 Å². The Balaban J connectivity index is 1.74. The lowest BCUT2D eigenvalue weighted by Gasteiger charge is -2.30. The van der Waals surface area contributed by atoms with Gasteiger partial charge in [0, 0.05) is 24.8 Å². The van der Waals surface area contributed by atoms with Crippen LogP contribution < -0.4 is 5.32 Å². The van der Waals surface area contributed by atoms with Gasteiger partial charge >= 0.3 is 0 Å². The second kappa shape index (κ2) is 7.97. The Labute approximate surface area is 154 Å². The van der Waals surface area contributed by atoms with Gasteiger partial charge in [-0.25, -0.2) is 8.42 Å². The molecule has 0 spiro atoms. The van der Waals surface area contributed by atoms with E-state index in [1.807, 2.05) is 12.1 Å². The minimum atomic E-state index is -3.58. The number of pyridine rings is 1. The summed E-state index contributed by atoms with van der Waals surface area (Å²) >= 11 is 0. The van der Waals surface area contributed by atoms with Crippen LogP contribution in [0.4, 0.5) is 0 Å². The summed E-state index contributed by atoms with van der Waals surface area (Å²) in [6.07, 6.45) is 3.57. The molecule has 138 valence electrons. The maximum Gasteiger partial charge on any atom is 0.251 e. The lowest BCUT2D eigenvalue weighted by molar-refractivity contribution is 0.0950. The van der Waals surface area contributed by atoms with Gasteiger partial charge in [-0.3, -0.25) is 9.78 Å². The Bertz CT molecular complexity index is 869. The van der Waals surface area contributed by atoms with Gasteiger partial charge in [-0.05, 0) is 49.1 Å². The number of hydrogen-bond donors (Lipinski definition) is 1. The van der Waals surface area contributed by atoms with Gasteiger partial charge in [-0.2, -0.15) is 4.31 Å². The minimum absolute atomic E-state index is 0.164. The van der Waals surface area contributed by atoms with E-state index in [1.54, 1.807) is 30.5 Å². The zero-order chi connectivity index (χ0) is 18.6.